The summed E-state index contributed by atoms with van der Waals surface area (Å²) in [6, 6.07) is 9.43. The van der Waals surface area contributed by atoms with E-state index >= 15 is 0 Å². The van der Waals surface area contributed by atoms with E-state index in [0.717, 1.165) is 17.4 Å². The third kappa shape index (κ3) is 3.10. The highest BCUT2D eigenvalue weighted by molar-refractivity contribution is 6.22. The van der Waals surface area contributed by atoms with Crippen molar-refractivity contribution in [3.8, 4) is 5.75 Å². The smallest absolute Gasteiger partial charge is 0.131 e. The maximum atomic E-state index is 13.8. The molecule has 0 saturated carbocycles. The fourth-order valence-corrected chi connectivity index (χ4v) is 2.27. The Bertz CT molecular complexity index is 596. The second-order valence-electron chi connectivity index (χ2n) is 4.49. The normalized spacial score (nSPS) is 12.2. The van der Waals surface area contributed by atoms with Gasteiger partial charge in [-0.25, -0.2) is 8.78 Å². The highest BCUT2D eigenvalue weighted by Gasteiger charge is 2.17. The number of rotatable bonds is 4. The first-order chi connectivity index (χ1) is 9.52. The Labute approximate surface area is 122 Å². The van der Waals surface area contributed by atoms with E-state index < -0.39 is 17.0 Å². The number of alkyl halides is 1. The number of aryl methyl sites for hydroxylation is 1. The Balaban J connectivity index is 2.31. The van der Waals surface area contributed by atoms with Crippen molar-refractivity contribution in [3.05, 3.63) is 64.7 Å². The molecule has 0 amide bonds. The number of ether oxygens (including phenoxy) is 1. The Morgan fingerprint density at radius 1 is 1.10 bits per heavy atom. The van der Waals surface area contributed by atoms with E-state index in [1.165, 1.54) is 6.07 Å². The van der Waals surface area contributed by atoms with Gasteiger partial charge >= 0.3 is 0 Å². The lowest BCUT2D eigenvalue weighted by Crippen LogP contribution is -2.00. The summed E-state index contributed by atoms with van der Waals surface area (Å²) in [4.78, 5) is 0. The van der Waals surface area contributed by atoms with E-state index in [2.05, 4.69) is 0 Å². The van der Waals surface area contributed by atoms with Crippen LogP contribution in [0.3, 0.4) is 0 Å². The van der Waals surface area contributed by atoms with Gasteiger partial charge < -0.3 is 4.74 Å². The van der Waals surface area contributed by atoms with Gasteiger partial charge in [-0.1, -0.05) is 12.1 Å². The average molecular weight is 297 g/mol. The number of hydrogen-bond donors (Lipinski definition) is 0. The molecule has 0 saturated heterocycles. The van der Waals surface area contributed by atoms with Gasteiger partial charge in [0, 0.05) is 11.6 Å². The minimum atomic E-state index is -0.662. The average Bonchev–Trinajstić information content (AvgIpc) is 2.43. The van der Waals surface area contributed by atoms with Crippen LogP contribution in [0, 0.1) is 18.6 Å². The van der Waals surface area contributed by atoms with E-state index in [1.54, 1.807) is 31.2 Å². The van der Waals surface area contributed by atoms with Crippen LogP contribution in [0.4, 0.5) is 8.78 Å². The zero-order chi connectivity index (χ0) is 14.7. The van der Waals surface area contributed by atoms with Crippen molar-refractivity contribution >= 4 is 11.6 Å². The van der Waals surface area contributed by atoms with E-state index in [4.69, 9.17) is 16.3 Å². The molecule has 0 fully saturated rings. The van der Waals surface area contributed by atoms with E-state index in [-0.39, 0.29) is 5.56 Å². The number of hydrogen-bond acceptors (Lipinski definition) is 1. The first-order valence-corrected chi connectivity index (χ1v) is 6.79. The quantitative estimate of drug-likeness (QED) is 0.721. The summed E-state index contributed by atoms with van der Waals surface area (Å²) in [5, 5.41) is -0.662. The van der Waals surface area contributed by atoms with Crippen LogP contribution in [0.25, 0.3) is 0 Å². The van der Waals surface area contributed by atoms with E-state index in [9.17, 15) is 8.78 Å². The molecule has 0 spiro atoms. The summed E-state index contributed by atoms with van der Waals surface area (Å²) < 4.78 is 32.4. The van der Waals surface area contributed by atoms with Crippen LogP contribution in [-0.2, 0) is 0 Å². The van der Waals surface area contributed by atoms with Gasteiger partial charge in [-0.2, -0.15) is 0 Å². The minimum absolute atomic E-state index is 0.273. The Kier molecular flexibility index (Phi) is 4.61. The van der Waals surface area contributed by atoms with Crippen LogP contribution >= 0.6 is 11.6 Å². The summed E-state index contributed by atoms with van der Waals surface area (Å²) in [5.74, 6) is -0.473. The van der Waals surface area contributed by atoms with Crippen molar-refractivity contribution < 1.29 is 13.5 Å². The Morgan fingerprint density at radius 2 is 1.75 bits per heavy atom. The lowest BCUT2D eigenvalue weighted by Gasteiger charge is -2.13. The molecule has 2 aromatic rings. The van der Waals surface area contributed by atoms with Crippen LogP contribution in [0.2, 0.25) is 0 Å². The van der Waals surface area contributed by atoms with E-state index in [1.807, 2.05) is 6.92 Å². The third-order valence-corrected chi connectivity index (χ3v) is 3.52. The topological polar surface area (TPSA) is 9.23 Å². The zero-order valence-electron chi connectivity index (χ0n) is 11.3. The van der Waals surface area contributed by atoms with Crippen molar-refractivity contribution in [2.24, 2.45) is 0 Å². The molecule has 1 unspecified atom stereocenters. The molecule has 0 heterocycles. The molecule has 106 valence electrons. The molecule has 2 rings (SSSR count). The molecule has 4 heteroatoms. The Morgan fingerprint density at radius 3 is 2.35 bits per heavy atom. The zero-order valence-corrected chi connectivity index (χ0v) is 12.0. The molecule has 0 aliphatic carbocycles. The second-order valence-corrected chi connectivity index (χ2v) is 4.92. The molecule has 0 aliphatic heterocycles. The molecule has 1 atom stereocenters. The van der Waals surface area contributed by atoms with Gasteiger partial charge in [-0.05, 0) is 43.2 Å². The molecule has 2 aromatic carbocycles. The van der Waals surface area contributed by atoms with Crippen molar-refractivity contribution in [1.82, 2.24) is 0 Å². The lowest BCUT2D eigenvalue weighted by atomic mass is 10.0. The van der Waals surface area contributed by atoms with Gasteiger partial charge in [-0.15, -0.1) is 11.6 Å². The molecule has 0 radical (unpaired) electrons. The largest absolute Gasteiger partial charge is 0.494 e. The minimum Gasteiger partial charge on any atom is -0.494 e. The van der Waals surface area contributed by atoms with Crippen molar-refractivity contribution in [1.29, 1.82) is 0 Å². The molecular weight excluding hydrogens is 282 g/mol. The maximum Gasteiger partial charge on any atom is 0.131 e. The fraction of sp³-hybridized carbons (Fsp3) is 0.250. The summed E-state index contributed by atoms with van der Waals surface area (Å²) in [6.45, 7) is 4.06. The van der Waals surface area contributed by atoms with Gasteiger partial charge in [0.25, 0.3) is 0 Å². The predicted molar refractivity (Wildman–Crippen MR) is 76.4 cm³/mol. The summed E-state index contributed by atoms with van der Waals surface area (Å²) in [6.07, 6.45) is 0. The molecule has 20 heavy (non-hydrogen) atoms. The standard InChI is InChI=1S/C16H15ClF2O/c1-3-20-12-6-4-11(5-7-12)16(17)13-8-10(2)14(18)9-15(13)19/h4-9,16H,3H2,1-2H3. The number of benzene rings is 2. The van der Waals surface area contributed by atoms with Gasteiger partial charge in [-0.3, -0.25) is 0 Å². The van der Waals surface area contributed by atoms with Crippen molar-refractivity contribution in [3.63, 3.8) is 0 Å². The summed E-state index contributed by atoms with van der Waals surface area (Å²) in [7, 11) is 0. The van der Waals surface area contributed by atoms with Crippen molar-refractivity contribution in [2.45, 2.75) is 19.2 Å². The predicted octanol–water partition coefficient (Wildman–Crippen LogP) is 5.00. The van der Waals surface area contributed by atoms with Gasteiger partial charge in [0.1, 0.15) is 17.4 Å². The Hall–Kier alpha value is -1.61. The molecule has 1 nitrogen and oxygen atoms in total. The molecular formula is C16H15ClF2O. The molecule has 0 bridgehead atoms. The highest BCUT2D eigenvalue weighted by atomic mass is 35.5. The molecule has 0 N–H and O–H groups in total. The van der Waals surface area contributed by atoms with Gasteiger partial charge in [0.15, 0.2) is 0 Å². The van der Waals surface area contributed by atoms with Crippen LogP contribution < -0.4 is 4.74 Å². The first-order valence-electron chi connectivity index (χ1n) is 6.35. The monoisotopic (exact) mass is 296 g/mol. The van der Waals surface area contributed by atoms with Gasteiger partial charge in [0.05, 0.1) is 12.0 Å². The van der Waals surface area contributed by atoms with Crippen LogP contribution in [0.5, 0.6) is 5.75 Å². The van der Waals surface area contributed by atoms with Crippen molar-refractivity contribution in [2.75, 3.05) is 6.61 Å². The van der Waals surface area contributed by atoms with Crippen LogP contribution in [-0.4, -0.2) is 6.61 Å². The summed E-state index contributed by atoms with van der Waals surface area (Å²) >= 11 is 6.29. The first kappa shape index (κ1) is 14.8. The lowest BCUT2D eigenvalue weighted by molar-refractivity contribution is 0.340. The number of halogens is 3. The van der Waals surface area contributed by atoms with Crippen LogP contribution in [0.1, 0.15) is 29.0 Å². The van der Waals surface area contributed by atoms with E-state index in [0.29, 0.717) is 12.2 Å². The molecule has 0 aliphatic rings. The summed E-state index contributed by atoms with van der Waals surface area (Å²) in [5.41, 5.74) is 1.38. The second kappa shape index (κ2) is 6.23. The van der Waals surface area contributed by atoms with Gasteiger partial charge in [0.2, 0.25) is 0 Å². The maximum absolute atomic E-state index is 13.8. The third-order valence-electron chi connectivity index (χ3n) is 3.03. The molecule has 0 aromatic heterocycles. The SMILES string of the molecule is CCOc1ccc(C(Cl)c2cc(C)c(F)cc2F)cc1. The fourth-order valence-electron chi connectivity index (χ4n) is 1.95. The van der Waals surface area contributed by atoms with Crippen LogP contribution in [0.15, 0.2) is 36.4 Å². The highest BCUT2D eigenvalue weighted by Crippen LogP contribution is 2.32.